The van der Waals surface area contributed by atoms with E-state index >= 15 is 0 Å². The molecule has 0 aliphatic carbocycles. The number of hydrogen-bond acceptors (Lipinski definition) is 7. The normalized spacial score (nSPS) is 13.5. The molecular weight excluding hydrogens is 452 g/mol. The predicted octanol–water partition coefficient (Wildman–Crippen LogP) is 3.14. The fourth-order valence-corrected chi connectivity index (χ4v) is 4.16. The molecular formula is C22H21ClN4O4S. The summed E-state index contributed by atoms with van der Waals surface area (Å²) in [5, 5.41) is 2.79. The number of rotatable bonds is 6. The number of thiazole rings is 1. The number of nitrogens with one attached hydrogen (secondary N) is 2. The monoisotopic (exact) mass is 472 g/mol. The molecule has 1 aliphatic rings. The van der Waals surface area contributed by atoms with Crippen molar-refractivity contribution >= 4 is 39.9 Å². The van der Waals surface area contributed by atoms with Gasteiger partial charge in [0.25, 0.3) is 11.8 Å². The molecule has 2 N–H and O–H groups in total. The highest BCUT2D eigenvalue weighted by molar-refractivity contribution is 7.13. The van der Waals surface area contributed by atoms with Gasteiger partial charge < -0.3 is 14.4 Å². The Morgan fingerprint density at radius 2 is 1.88 bits per heavy atom. The lowest BCUT2D eigenvalue weighted by Crippen LogP contribution is -2.44. The minimum atomic E-state index is -0.523. The first-order chi connectivity index (χ1) is 15.6. The second kappa shape index (κ2) is 10.4. The summed E-state index contributed by atoms with van der Waals surface area (Å²) in [7, 11) is 0. The number of hydrogen-bond donors (Lipinski definition) is 2. The molecule has 0 saturated carbocycles. The van der Waals surface area contributed by atoms with Crippen LogP contribution in [0.3, 0.4) is 0 Å². The first kappa shape index (κ1) is 22.1. The van der Waals surface area contributed by atoms with Crippen LogP contribution in [0.1, 0.15) is 10.5 Å². The zero-order valence-corrected chi connectivity index (χ0v) is 18.6. The van der Waals surface area contributed by atoms with Gasteiger partial charge in [-0.25, -0.2) is 4.98 Å². The summed E-state index contributed by atoms with van der Waals surface area (Å²) in [6.45, 7) is 2.43. The average molecular weight is 473 g/mol. The Hall–Kier alpha value is -3.14. The number of benzene rings is 2. The molecule has 3 aromatic rings. The summed E-state index contributed by atoms with van der Waals surface area (Å²) < 4.78 is 10.8. The number of nitrogens with zero attached hydrogens (tertiary/aromatic N) is 2. The van der Waals surface area contributed by atoms with Crippen molar-refractivity contribution in [2.75, 3.05) is 37.8 Å². The van der Waals surface area contributed by atoms with E-state index in [4.69, 9.17) is 21.1 Å². The van der Waals surface area contributed by atoms with Crippen molar-refractivity contribution in [3.63, 3.8) is 0 Å². The molecule has 10 heteroatoms. The van der Waals surface area contributed by atoms with Crippen LogP contribution in [0.5, 0.6) is 5.75 Å². The average Bonchev–Trinajstić information content (AvgIpc) is 3.33. The van der Waals surface area contributed by atoms with Gasteiger partial charge >= 0.3 is 0 Å². The van der Waals surface area contributed by atoms with Gasteiger partial charge in [0.1, 0.15) is 11.4 Å². The molecule has 1 aliphatic heterocycles. The smallest absolute Gasteiger partial charge is 0.289 e. The minimum absolute atomic E-state index is 0.234. The fourth-order valence-electron chi connectivity index (χ4n) is 3.07. The molecule has 1 aromatic heterocycles. The summed E-state index contributed by atoms with van der Waals surface area (Å²) in [4.78, 5) is 30.7. The Labute approximate surface area is 194 Å². The van der Waals surface area contributed by atoms with E-state index in [1.807, 2.05) is 36.4 Å². The maximum atomic E-state index is 12.3. The molecule has 2 heterocycles. The van der Waals surface area contributed by atoms with Crippen LogP contribution in [0.25, 0.3) is 11.1 Å². The standard InChI is InChI=1S/C22H21ClN4O4S/c23-17-12-16(15-4-2-1-3-5-15)6-7-19(17)31-13-20(28)25-26-21(29)18-14-32-22(24-18)27-8-10-30-11-9-27/h1-7,12,14H,8-11,13H2,(H,25,28)(H,26,29). The Kier molecular flexibility index (Phi) is 7.21. The van der Waals surface area contributed by atoms with Crippen LogP contribution in [-0.2, 0) is 9.53 Å². The third kappa shape index (κ3) is 5.56. The molecule has 1 fully saturated rings. The SMILES string of the molecule is O=C(COc1ccc(-c2ccccc2)cc1Cl)NNC(=O)c1csc(N2CCOCC2)n1. The summed E-state index contributed by atoms with van der Waals surface area (Å²) in [5.41, 5.74) is 6.87. The van der Waals surface area contributed by atoms with Crippen molar-refractivity contribution in [2.24, 2.45) is 0 Å². The van der Waals surface area contributed by atoms with Gasteiger partial charge in [0.15, 0.2) is 11.7 Å². The lowest BCUT2D eigenvalue weighted by Gasteiger charge is -2.25. The number of anilines is 1. The van der Waals surface area contributed by atoms with Gasteiger partial charge in [0, 0.05) is 18.5 Å². The summed E-state index contributed by atoms with van der Waals surface area (Å²) in [5.74, 6) is -0.646. The summed E-state index contributed by atoms with van der Waals surface area (Å²) in [6.07, 6.45) is 0. The van der Waals surface area contributed by atoms with Crippen LogP contribution in [0.4, 0.5) is 5.13 Å². The molecule has 32 heavy (non-hydrogen) atoms. The van der Waals surface area contributed by atoms with Crippen molar-refractivity contribution in [2.45, 2.75) is 0 Å². The van der Waals surface area contributed by atoms with Crippen molar-refractivity contribution in [1.82, 2.24) is 15.8 Å². The molecule has 0 spiro atoms. The van der Waals surface area contributed by atoms with Crippen LogP contribution in [-0.4, -0.2) is 49.7 Å². The third-order valence-corrected chi connectivity index (χ3v) is 5.92. The molecule has 4 rings (SSSR count). The van der Waals surface area contributed by atoms with Crippen molar-refractivity contribution in [1.29, 1.82) is 0 Å². The maximum Gasteiger partial charge on any atom is 0.289 e. The molecule has 0 unspecified atom stereocenters. The lowest BCUT2D eigenvalue weighted by molar-refractivity contribution is -0.123. The highest BCUT2D eigenvalue weighted by Gasteiger charge is 2.18. The maximum absolute atomic E-state index is 12.3. The van der Waals surface area contributed by atoms with Crippen molar-refractivity contribution < 1.29 is 19.1 Å². The first-order valence-electron chi connectivity index (χ1n) is 9.95. The van der Waals surface area contributed by atoms with E-state index in [-0.39, 0.29) is 12.3 Å². The highest BCUT2D eigenvalue weighted by Crippen LogP contribution is 2.30. The van der Waals surface area contributed by atoms with Gasteiger partial charge in [-0.15, -0.1) is 11.3 Å². The van der Waals surface area contributed by atoms with Crippen LogP contribution >= 0.6 is 22.9 Å². The first-order valence-corrected chi connectivity index (χ1v) is 11.2. The zero-order chi connectivity index (χ0) is 22.3. The zero-order valence-electron chi connectivity index (χ0n) is 17.0. The molecule has 166 valence electrons. The van der Waals surface area contributed by atoms with E-state index in [0.717, 1.165) is 29.3 Å². The molecule has 0 bridgehead atoms. The second-order valence-electron chi connectivity index (χ2n) is 6.92. The van der Waals surface area contributed by atoms with E-state index in [2.05, 4.69) is 20.7 Å². The van der Waals surface area contributed by atoms with E-state index in [1.54, 1.807) is 17.5 Å². The van der Waals surface area contributed by atoms with E-state index in [1.165, 1.54) is 11.3 Å². The minimum Gasteiger partial charge on any atom is -0.482 e. The molecule has 8 nitrogen and oxygen atoms in total. The number of carbonyl (C=O) groups excluding carboxylic acids is 2. The number of morpholine rings is 1. The van der Waals surface area contributed by atoms with Crippen LogP contribution in [0, 0.1) is 0 Å². The predicted molar refractivity (Wildman–Crippen MR) is 123 cm³/mol. The Morgan fingerprint density at radius 1 is 1.09 bits per heavy atom. The number of carbonyl (C=O) groups is 2. The molecule has 2 amide bonds. The molecule has 0 atom stereocenters. The van der Waals surface area contributed by atoms with Crippen LogP contribution < -0.4 is 20.5 Å². The fraction of sp³-hybridized carbons (Fsp3) is 0.227. The molecule has 0 radical (unpaired) electrons. The number of amides is 2. The van der Waals surface area contributed by atoms with Gasteiger partial charge in [-0.05, 0) is 23.3 Å². The number of halogens is 1. The Morgan fingerprint density at radius 3 is 2.62 bits per heavy atom. The van der Waals surface area contributed by atoms with Gasteiger partial charge in [-0.2, -0.15) is 0 Å². The second-order valence-corrected chi connectivity index (χ2v) is 8.16. The van der Waals surface area contributed by atoms with E-state index in [0.29, 0.717) is 24.0 Å². The van der Waals surface area contributed by atoms with E-state index < -0.39 is 11.8 Å². The van der Waals surface area contributed by atoms with E-state index in [9.17, 15) is 9.59 Å². The van der Waals surface area contributed by atoms with Crippen LogP contribution in [0.15, 0.2) is 53.9 Å². The summed E-state index contributed by atoms with van der Waals surface area (Å²) >= 11 is 7.66. The number of hydrazine groups is 1. The molecule has 2 aromatic carbocycles. The van der Waals surface area contributed by atoms with Gasteiger partial charge in [-0.3, -0.25) is 20.4 Å². The summed E-state index contributed by atoms with van der Waals surface area (Å²) in [6, 6.07) is 15.1. The van der Waals surface area contributed by atoms with Gasteiger partial charge in [0.05, 0.1) is 18.2 Å². The van der Waals surface area contributed by atoms with Crippen molar-refractivity contribution in [3.05, 3.63) is 64.6 Å². The quantitative estimate of drug-likeness (QED) is 0.535. The van der Waals surface area contributed by atoms with Gasteiger partial charge in [-0.1, -0.05) is 48.0 Å². The third-order valence-electron chi connectivity index (χ3n) is 4.72. The topological polar surface area (TPSA) is 92.8 Å². The Balaban J connectivity index is 1.25. The largest absolute Gasteiger partial charge is 0.482 e. The molecule has 1 saturated heterocycles. The Bertz CT molecular complexity index is 1090. The lowest BCUT2D eigenvalue weighted by atomic mass is 10.1. The van der Waals surface area contributed by atoms with Gasteiger partial charge in [0.2, 0.25) is 0 Å². The number of aromatic nitrogens is 1. The highest BCUT2D eigenvalue weighted by atomic mass is 35.5. The number of ether oxygens (including phenoxy) is 2. The van der Waals surface area contributed by atoms with Crippen molar-refractivity contribution in [3.8, 4) is 16.9 Å². The van der Waals surface area contributed by atoms with Crippen LogP contribution in [0.2, 0.25) is 5.02 Å².